The maximum Gasteiger partial charge on any atom is 0.328 e. The first-order valence-electron chi connectivity index (χ1n) is 5.86. The summed E-state index contributed by atoms with van der Waals surface area (Å²) in [4.78, 5) is 21.7. The summed E-state index contributed by atoms with van der Waals surface area (Å²) in [7, 11) is 0. The van der Waals surface area contributed by atoms with Crippen LogP contribution < -0.4 is 5.32 Å². The third kappa shape index (κ3) is 4.93. The highest BCUT2D eigenvalue weighted by atomic mass is 16.4. The molecule has 0 heterocycles. The van der Waals surface area contributed by atoms with Crippen LogP contribution in [-0.2, 0) is 9.59 Å². The van der Waals surface area contributed by atoms with Crippen molar-refractivity contribution in [1.29, 1.82) is 0 Å². The first-order valence-corrected chi connectivity index (χ1v) is 5.86. The molecule has 1 amide bonds. The molecule has 1 aromatic rings. The fourth-order valence-electron chi connectivity index (χ4n) is 1.64. The number of benzene rings is 1. The average molecular weight is 263 g/mol. The molecule has 3 N–H and O–H groups in total. The van der Waals surface area contributed by atoms with Gasteiger partial charge in [0.05, 0.1) is 12.1 Å². The first-order chi connectivity index (χ1) is 8.90. The van der Waals surface area contributed by atoms with E-state index < -0.39 is 24.0 Å². The lowest BCUT2D eigenvalue weighted by Gasteiger charge is -2.20. The Bertz CT molecular complexity index is 496. The molecular weight excluding hydrogens is 246 g/mol. The zero-order valence-electron chi connectivity index (χ0n) is 10.8. The lowest BCUT2D eigenvalue weighted by molar-refractivity contribution is -0.131. The topological polar surface area (TPSA) is 86.6 Å². The van der Waals surface area contributed by atoms with Crippen molar-refractivity contribution in [3.8, 4) is 0 Å². The van der Waals surface area contributed by atoms with Crippen LogP contribution in [0.3, 0.4) is 0 Å². The van der Waals surface area contributed by atoms with Crippen molar-refractivity contribution >= 4 is 11.9 Å². The smallest absolute Gasteiger partial charge is 0.328 e. The average Bonchev–Trinajstić information content (AvgIpc) is 2.35. The fourth-order valence-corrected chi connectivity index (χ4v) is 1.64. The summed E-state index contributed by atoms with van der Waals surface area (Å²) in [5.74, 6) is -1.75. The third-order valence-electron chi connectivity index (χ3n) is 2.60. The monoisotopic (exact) mass is 263 g/mol. The highest BCUT2D eigenvalue weighted by Gasteiger charge is 2.17. The molecule has 1 aromatic carbocycles. The van der Waals surface area contributed by atoms with Crippen LogP contribution in [-0.4, -0.2) is 28.1 Å². The normalized spacial score (nSPS) is 14.1. The number of aliphatic carboxylic acids is 1. The summed E-state index contributed by atoms with van der Waals surface area (Å²) in [5, 5.41) is 21.0. The zero-order valence-corrected chi connectivity index (χ0v) is 10.8. The highest BCUT2D eigenvalue weighted by Crippen LogP contribution is 2.17. The maximum absolute atomic E-state index is 11.4. The van der Waals surface area contributed by atoms with Gasteiger partial charge >= 0.3 is 5.97 Å². The van der Waals surface area contributed by atoms with E-state index in [-0.39, 0.29) is 0 Å². The van der Waals surface area contributed by atoms with Gasteiger partial charge in [-0.2, -0.15) is 0 Å². The summed E-state index contributed by atoms with van der Waals surface area (Å²) >= 11 is 0. The summed E-state index contributed by atoms with van der Waals surface area (Å²) in [5.41, 5.74) is 1.72. The van der Waals surface area contributed by atoms with E-state index in [1.54, 1.807) is 13.0 Å². The minimum Gasteiger partial charge on any atom is -0.478 e. The van der Waals surface area contributed by atoms with Crippen LogP contribution in [0.25, 0.3) is 0 Å². The van der Waals surface area contributed by atoms with Gasteiger partial charge in [-0.25, -0.2) is 4.79 Å². The predicted octanol–water partition coefficient (Wildman–Crippen LogP) is 1.17. The van der Waals surface area contributed by atoms with Crippen molar-refractivity contribution in [3.63, 3.8) is 0 Å². The number of amides is 1. The molecule has 0 aliphatic carbocycles. The molecular formula is C14H17NO4. The molecule has 5 nitrogen and oxygen atoms in total. The minimum atomic E-state index is -1.19. The van der Waals surface area contributed by atoms with Crippen molar-refractivity contribution in [1.82, 2.24) is 5.32 Å². The Labute approximate surface area is 111 Å². The van der Waals surface area contributed by atoms with E-state index in [0.29, 0.717) is 5.56 Å². The van der Waals surface area contributed by atoms with E-state index in [2.05, 4.69) is 5.32 Å². The van der Waals surface area contributed by atoms with Gasteiger partial charge in [0.15, 0.2) is 0 Å². The Kier molecular flexibility index (Phi) is 5.26. The largest absolute Gasteiger partial charge is 0.478 e. The lowest BCUT2D eigenvalue weighted by atomic mass is 10.0. The molecule has 2 atom stereocenters. The van der Waals surface area contributed by atoms with E-state index in [1.165, 1.54) is 0 Å². The molecule has 0 saturated heterocycles. The number of rotatable bonds is 5. The molecule has 0 aromatic heterocycles. The molecule has 102 valence electrons. The Morgan fingerprint density at radius 1 is 1.32 bits per heavy atom. The molecule has 0 bridgehead atoms. The summed E-state index contributed by atoms with van der Waals surface area (Å²) in [6.07, 6.45) is 0.824. The van der Waals surface area contributed by atoms with Gasteiger partial charge in [-0.05, 0) is 19.4 Å². The number of aliphatic hydroxyl groups excluding tert-OH is 1. The van der Waals surface area contributed by atoms with Gasteiger partial charge in [0.2, 0.25) is 5.91 Å². The van der Waals surface area contributed by atoms with Crippen LogP contribution in [0.2, 0.25) is 0 Å². The van der Waals surface area contributed by atoms with Gasteiger partial charge in [0.25, 0.3) is 0 Å². The van der Waals surface area contributed by atoms with E-state index in [9.17, 15) is 14.7 Å². The standard InChI is InChI=1S/C14H17NO4/c1-9-4-3-5-11(8-9)14(19)10(2)15-12(16)6-7-13(17)18/h3-8,10,14,19H,1-2H3,(H,15,16)(H,17,18). The number of carboxylic acids is 1. The molecule has 0 radical (unpaired) electrons. The van der Waals surface area contributed by atoms with Crippen LogP contribution in [0.15, 0.2) is 36.4 Å². The molecule has 1 rings (SSSR count). The van der Waals surface area contributed by atoms with Crippen molar-refractivity contribution in [2.75, 3.05) is 0 Å². The Hall–Kier alpha value is -2.14. The van der Waals surface area contributed by atoms with Gasteiger partial charge in [-0.3, -0.25) is 4.79 Å². The van der Waals surface area contributed by atoms with E-state index in [0.717, 1.165) is 17.7 Å². The van der Waals surface area contributed by atoms with Crippen molar-refractivity contribution < 1.29 is 19.8 Å². The van der Waals surface area contributed by atoms with E-state index in [4.69, 9.17) is 5.11 Å². The number of carbonyl (C=O) groups excluding carboxylic acids is 1. The number of hydrogen-bond acceptors (Lipinski definition) is 3. The number of carbonyl (C=O) groups is 2. The number of carboxylic acid groups (broad SMARTS) is 1. The van der Waals surface area contributed by atoms with Gasteiger partial charge in [-0.15, -0.1) is 0 Å². The quantitative estimate of drug-likeness (QED) is 0.696. The fraction of sp³-hybridized carbons (Fsp3) is 0.286. The molecule has 0 fully saturated rings. The summed E-state index contributed by atoms with van der Waals surface area (Å²) in [6.45, 7) is 3.56. The molecule has 19 heavy (non-hydrogen) atoms. The Morgan fingerprint density at radius 2 is 2.00 bits per heavy atom. The molecule has 2 unspecified atom stereocenters. The molecule has 0 aliphatic rings. The second kappa shape index (κ2) is 6.70. The molecule has 5 heteroatoms. The second-order valence-electron chi connectivity index (χ2n) is 4.33. The Morgan fingerprint density at radius 3 is 2.58 bits per heavy atom. The number of nitrogens with one attached hydrogen (secondary N) is 1. The van der Waals surface area contributed by atoms with Crippen molar-refractivity contribution in [2.24, 2.45) is 0 Å². The SMILES string of the molecule is Cc1cccc(C(O)C(C)NC(=O)C=CC(=O)O)c1. The van der Waals surface area contributed by atoms with Crippen LogP contribution in [0.5, 0.6) is 0 Å². The zero-order chi connectivity index (χ0) is 14.4. The minimum absolute atomic E-state index is 0.521. The number of aryl methyl sites for hydroxylation is 1. The summed E-state index contributed by atoms with van der Waals surface area (Å²) < 4.78 is 0. The van der Waals surface area contributed by atoms with Crippen LogP contribution >= 0.6 is 0 Å². The van der Waals surface area contributed by atoms with Crippen molar-refractivity contribution in [3.05, 3.63) is 47.5 Å². The molecule has 0 spiro atoms. The van der Waals surface area contributed by atoms with Gasteiger partial charge < -0.3 is 15.5 Å². The van der Waals surface area contributed by atoms with Gasteiger partial charge in [-0.1, -0.05) is 29.8 Å². The summed E-state index contributed by atoms with van der Waals surface area (Å²) in [6, 6.07) is 6.82. The first kappa shape index (κ1) is 14.9. The Balaban J connectivity index is 2.65. The maximum atomic E-state index is 11.4. The van der Waals surface area contributed by atoms with Gasteiger partial charge in [0.1, 0.15) is 0 Å². The second-order valence-corrected chi connectivity index (χ2v) is 4.33. The van der Waals surface area contributed by atoms with Crippen LogP contribution in [0.1, 0.15) is 24.2 Å². The molecule has 0 saturated carbocycles. The predicted molar refractivity (Wildman–Crippen MR) is 70.5 cm³/mol. The van der Waals surface area contributed by atoms with E-state index in [1.807, 2.05) is 25.1 Å². The van der Waals surface area contributed by atoms with Crippen molar-refractivity contribution in [2.45, 2.75) is 26.0 Å². The van der Waals surface area contributed by atoms with E-state index >= 15 is 0 Å². The van der Waals surface area contributed by atoms with Gasteiger partial charge in [0, 0.05) is 12.2 Å². The highest BCUT2D eigenvalue weighted by molar-refractivity contribution is 5.94. The number of aliphatic hydroxyl groups is 1. The van der Waals surface area contributed by atoms with Crippen LogP contribution in [0, 0.1) is 6.92 Å². The van der Waals surface area contributed by atoms with Crippen LogP contribution in [0.4, 0.5) is 0 Å². The lowest BCUT2D eigenvalue weighted by Crippen LogP contribution is -2.36. The molecule has 0 aliphatic heterocycles. The third-order valence-corrected chi connectivity index (χ3v) is 2.60. The number of hydrogen-bond donors (Lipinski definition) is 3.